The highest BCUT2D eigenvalue weighted by Crippen LogP contribution is 2.36. The van der Waals surface area contributed by atoms with Gasteiger partial charge in [0.15, 0.2) is 5.82 Å². The van der Waals surface area contributed by atoms with Gasteiger partial charge in [0.25, 0.3) is 0 Å². The lowest BCUT2D eigenvalue weighted by Gasteiger charge is -2.36. The summed E-state index contributed by atoms with van der Waals surface area (Å²) in [4.78, 5) is 44.2. The smallest absolute Gasteiger partial charge is 0.237 e. The Morgan fingerprint density at radius 3 is 2.46 bits per heavy atom. The maximum absolute atomic E-state index is 13.6. The zero-order chi connectivity index (χ0) is 31.2. The van der Waals surface area contributed by atoms with Crippen molar-refractivity contribution in [3.05, 3.63) is 91.3 Å². The monoisotopic (exact) mass is 612 g/mol. The molecule has 0 unspecified atom stereocenters. The number of aromatic nitrogens is 4. The number of benzene rings is 3. The van der Waals surface area contributed by atoms with Gasteiger partial charge in [-0.15, -0.1) is 0 Å². The van der Waals surface area contributed by atoms with Crippen molar-refractivity contribution in [3.63, 3.8) is 0 Å². The Balaban J connectivity index is 0.866. The molecule has 3 atom stereocenters. The number of hydrogen-bond acceptors (Lipinski definition) is 7. The molecule has 2 bridgehead atoms. The van der Waals surface area contributed by atoms with Crippen LogP contribution in [0, 0.1) is 5.92 Å². The molecule has 3 aromatic carbocycles. The van der Waals surface area contributed by atoms with Gasteiger partial charge in [-0.25, -0.2) is 9.97 Å². The first kappa shape index (κ1) is 28.4. The predicted molar refractivity (Wildman–Crippen MR) is 178 cm³/mol. The lowest BCUT2D eigenvalue weighted by atomic mass is 10.1. The highest BCUT2D eigenvalue weighted by molar-refractivity contribution is 6.00. The van der Waals surface area contributed by atoms with E-state index in [9.17, 15) is 9.59 Å². The molecule has 3 aliphatic rings. The second-order valence-electron chi connectivity index (χ2n) is 12.6. The summed E-state index contributed by atoms with van der Waals surface area (Å²) in [7, 11) is 1.84. The largest absolute Gasteiger partial charge is 0.365 e. The van der Waals surface area contributed by atoms with E-state index in [4.69, 9.17) is 0 Å². The molecule has 0 aliphatic carbocycles. The van der Waals surface area contributed by atoms with Crippen molar-refractivity contribution in [2.45, 2.75) is 24.9 Å². The molecule has 0 radical (unpaired) electrons. The van der Waals surface area contributed by atoms with Crippen LogP contribution in [-0.4, -0.2) is 93.6 Å². The Labute approximate surface area is 267 Å². The van der Waals surface area contributed by atoms with E-state index in [-0.39, 0.29) is 23.8 Å². The Hall–Kier alpha value is -5.09. The van der Waals surface area contributed by atoms with E-state index < -0.39 is 0 Å². The zero-order valence-electron chi connectivity index (χ0n) is 25.8. The molecular weight excluding hydrogens is 576 g/mol. The number of H-pyrrole nitrogens is 1. The van der Waals surface area contributed by atoms with Crippen molar-refractivity contribution in [3.8, 4) is 22.6 Å². The standard InChI is InChI=1S/C36H36N8O2/c1-41(28-12-13-32-31(19-28)34(40-39-32)24-6-3-2-4-7-24)36(46)26-14-17-42(20-26)23-33(45)44-22-29-18-30(44)21-43(29)27-10-8-25(9-11-27)35-37-15-5-16-38-35/h2-13,15-16,19,26,29-30H,14,17-18,20-23H2,1H3,(H,39,40)/t26-,29+,30+/m1/s1. The van der Waals surface area contributed by atoms with Crippen LogP contribution >= 0.6 is 0 Å². The number of fused-ring (bicyclic) bond motifs is 3. The Morgan fingerprint density at radius 2 is 1.70 bits per heavy atom. The number of rotatable bonds is 7. The highest BCUT2D eigenvalue weighted by Gasteiger charge is 2.45. The maximum Gasteiger partial charge on any atom is 0.237 e. The third-order valence-corrected chi connectivity index (χ3v) is 9.88. The summed E-state index contributed by atoms with van der Waals surface area (Å²) in [6.07, 6.45) is 5.26. The van der Waals surface area contributed by atoms with Gasteiger partial charge in [-0.1, -0.05) is 30.3 Å². The van der Waals surface area contributed by atoms with Crippen molar-refractivity contribution < 1.29 is 9.59 Å². The normalized spacial score (nSPS) is 20.9. The molecule has 8 rings (SSSR count). The van der Waals surface area contributed by atoms with Gasteiger partial charge in [0, 0.05) is 73.0 Å². The average molecular weight is 613 g/mol. The molecule has 10 nitrogen and oxygen atoms in total. The van der Waals surface area contributed by atoms with Crippen molar-refractivity contribution in [2.24, 2.45) is 5.92 Å². The summed E-state index contributed by atoms with van der Waals surface area (Å²) in [6.45, 7) is 3.30. The molecule has 5 heterocycles. The fourth-order valence-corrected chi connectivity index (χ4v) is 7.43. The minimum absolute atomic E-state index is 0.0831. The molecule has 5 aromatic rings. The molecule has 10 heteroatoms. The number of anilines is 2. The lowest BCUT2D eigenvalue weighted by molar-refractivity contribution is -0.133. The third-order valence-electron chi connectivity index (χ3n) is 9.88. The molecule has 2 amide bonds. The fourth-order valence-electron chi connectivity index (χ4n) is 7.43. The molecule has 3 fully saturated rings. The van der Waals surface area contributed by atoms with Crippen molar-refractivity contribution in [2.75, 3.05) is 49.6 Å². The Kier molecular flexibility index (Phi) is 7.21. The maximum atomic E-state index is 13.6. The molecule has 3 aliphatic heterocycles. The third kappa shape index (κ3) is 5.18. The Bertz CT molecular complexity index is 1880. The van der Waals surface area contributed by atoms with Crippen LogP contribution in [0.2, 0.25) is 0 Å². The SMILES string of the molecule is CN(C(=O)[C@@H]1CCN(CC(=O)N2C[C@@H]3C[C@H]2CN3c2ccc(-c3ncccn3)cc2)C1)c1ccc2[nH]nc(-c3ccccc3)c2c1. The minimum Gasteiger partial charge on any atom is -0.365 e. The number of nitrogens with one attached hydrogen (secondary N) is 1. The molecule has 2 aromatic heterocycles. The van der Waals surface area contributed by atoms with Crippen molar-refractivity contribution >= 4 is 34.1 Å². The number of carbonyl (C=O) groups excluding carboxylic acids is 2. The highest BCUT2D eigenvalue weighted by atomic mass is 16.2. The number of piperazine rings is 1. The van der Waals surface area contributed by atoms with E-state index in [2.05, 4.69) is 59.1 Å². The molecular formula is C36H36N8O2. The first-order valence-electron chi connectivity index (χ1n) is 16.0. The van der Waals surface area contributed by atoms with Crippen LogP contribution in [-0.2, 0) is 9.59 Å². The summed E-state index contributed by atoms with van der Waals surface area (Å²) in [5, 5.41) is 8.62. The quantitative estimate of drug-likeness (QED) is 0.290. The summed E-state index contributed by atoms with van der Waals surface area (Å²) >= 11 is 0. The van der Waals surface area contributed by atoms with E-state index >= 15 is 0 Å². The molecule has 46 heavy (non-hydrogen) atoms. The van der Waals surface area contributed by atoms with Crippen LogP contribution in [0.3, 0.4) is 0 Å². The molecule has 0 saturated carbocycles. The number of nitrogens with zero attached hydrogens (tertiary/aromatic N) is 7. The van der Waals surface area contributed by atoms with Gasteiger partial charge in [0.1, 0.15) is 0 Å². The van der Waals surface area contributed by atoms with Crippen LogP contribution in [0.4, 0.5) is 11.4 Å². The topological polar surface area (TPSA) is 102 Å². The average Bonchev–Trinajstić information content (AvgIpc) is 3.92. The van der Waals surface area contributed by atoms with Gasteiger partial charge in [-0.2, -0.15) is 5.10 Å². The fraction of sp³-hybridized carbons (Fsp3) is 0.306. The summed E-state index contributed by atoms with van der Waals surface area (Å²) in [5.41, 5.74) is 5.85. The van der Waals surface area contributed by atoms with Crippen LogP contribution in [0.5, 0.6) is 0 Å². The number of aromatic amines is 1. The summed E-state index contributed by atoms with van der Waals surface area (Å²) in [6, 6.07) is 26.8. The van der Waals surface area contributed by atoms with Gasteiger partial charge >= 0.3 is 0 Å². The van der Waals surface area contributed by atoms with Crippen molar-refractivity contribution in [1.29, 1.82) is 0 Å². The number of carbonyl (C=O) groups is 2. The van der Waals surface area contributed by atoms with Crippen LogP contribution in [0.1, 0.15) is 12.8 Å². The summed E-state index contributed by atoms with van der Waals surface area (Å²) < 4.78 is 0. The van der Waals surface area contributed by atoms with E-state index in [1.165, 1.54) is 5.69 Å². The first-order chi connectivity index (χ1) is 22.5. The van der Waals surface area contributed by atoms with Gasteiger partial charge in [0.2, 0.25) is 11.8 Å². The first-order valence-corrected chi connectivity index (χ1v) is 16.0. The van der Waals surface area contributed by atoms with Gasteiger partial charge in [-0.3, -0.25) is 19.6 Å². The van der Waals surface area contributed by atoms with Crippen LogP contribution in [0.15, 0.2) is 91.3 Å². The number of amides is 2. The number of hydrogen-bond donors (Lipinski definition) is 1. The van der Waals surface area contributed by atoms with Crippen LogP contribution < -0.4 is 9.80 Å². The summed E-state index contributed by atoms with van der Waals surface area (Å²) in [5.74, 6) is 0.837. The zero-order valence-corrected chi connectivity index (χ0v) is 25.8. The van der Waals surface area contributed by atoms with E-state index in [0.29, 0.717) is 19.1 Å². The minimum atomic E-state index is -0.138. The van der Waals surface area contributed by atoms with Gasteiger partial charge in [-0.05, 0) is 67.9 Å². The lowest BCUT2D eigenvalue weighted by Crippen LogP contribution is -2.51. The second kappa shape index (κ2) is 11.7. The van der Waals surface area contributed by atoms with E-state index in [1.54, 1.807) is 17.3 Å². The van der Waals surface area contributed by atoms with Gasteiger partial charge < -0.3 is 14.7 Å². The van der Waals surface area contributed by atoms with Crippen LogP contribution in [0.25, 0.3) is 33.5 Å². The second-order valence-corrected chi connectivity index (χ2v) is 12.6. The van der Waals surface area contributed by atoms with Gasteiger partial charge in [0.05, 0.1) is 29.7 Å². The van der Waals surface area contributed by atoms with E-state index in [0.717, 1.165) is 71.7 Å². The van der Waals surface area contributed by atoms with Crippen molar-refractivity contribution in [1.82, 2.24) is 30.0 Å². The molecule has 0 spiro atoms. The predicted octanol–water partition coefficient (Wildman–Crippen LogP) is 4.46. The van der Waals surface area contributed by atoms with E-state index in [1.807, 2.05) is 61.6 Å². The molecule has 232 valence electrons. The molecule has 1 N–H and O–H groups in total. The molecule has 3 saturated heterocycles. The Morgan fingerprint density at radius 1 is 0.891 bits per heavy atom. The number of likely N-dealkylation sites (tertiary alicyclic amines) is 2.